The standard InChI is InChI=1S/C15H21FN2O2/c1-17-15(11-4-5-11,14(19)20-3)10-18(2)13-8-6-12(16)7-9-13/h6-9,11,17H,4-5,10H2,1-3H3. The van der Waals surface area contributed by atoms with E-state index in [1.54, 1.807) is 19.2 Å². The van der Waals surface area contributed by atoms with Crippen molar-refractivity contribution < 1.29 is 13.9 Å². The first kappa shape index (κ1) is 14.8. The number of carbonyl (C=O) groups is 1. The molecular weight excluding hydrogens is 259 g/mol. The fraction of sp³-hybridized carbons (Fsp3) is 0.533. The normalized spacial score (nSPS) is 17.4. The quantitative estimate of drug-likeness (QED) is 0.807. The molecule has 0 aliphatic heterocycles. The van der Waals surface area contributed by atoms with Crippen molar-refractivity contribution in [1.29, 1.82) is 0 Å². The zero-order chi connectivity index (χ0) is 14.8. The summed E-state index contributed by atoms with van der Waals surface area (Å²) in [5.41, 5.74) is 0.174. The molecule has 110 valence electrons. The number of anilines is 1. The Hall–Kier alpha value is -1.62. The lowest BCUT2D eigenvalue weighted by molar-refractivity contribution is -0.149. The maximum absolute atomic E-state index is 13.0. The van der Waals surface area contributed by atoms with Crippen LogP contribution in [-0.4, -0.2) is 39.3 Å². The predicted octanol–water partition coefficient (Wildman–Crippen LogP) is 1.80. The van der Waals surface area contributed by atoms with Gasteiger partial charge in [-0.05, 0) is 50.1 Å². The number of nitrogens with zero attached hydrogens (tertiary/aromatic N) is 1. The molecule has 1 saturated carbocycles. The molecule has 1 aliphatic carbocycles. The number of hydrogen-bond donors (Lipinski definition) is 1. The van der Waals surface area contributed by atoms with Crippen LogP contribution in [0.25, 0.3) is 0 Å². The van der Waals surface area contributed by atoms with E-state index in [0.717, 1.165) is 18.5 Å². The van der Waals surface area contributed by atoms with Crippen molar-refractivity contribution in [2.75, 3.05) is 32.6 Å². The van der Waals surface area contributed by atoms with E-state index in [-0.39, 0.29) is 11.8 Å². The van der Waals surface area contributed by atoms with Gasteiger partial charge in [-0.15, -0.1) is 0 Å². The van der Waals surface area contributed by atoms with Crippen molar-refractivity contribution >= 4 is 11.7 Å². The molecule has 4 nitrogen and oxygen atoms in total. The smallest absolute Gasteiger partial charge is 0.328 e. The molecule has 0 saturated heterocycles. The van der Waals surface area contributed by atoms with Crippen LogP contribution in [0.3, 0.4) is 0 Å². The molecule has 0 aromatic heterocycles. The van der Waals surface area contributed by atoms with E-state index in [0.29, 0.717) is 12.5 Å². The number of ether oxygens (including phenoxy) is 1. The summed E-state index contributed by atoms with van der Waals surface area (Å²) >= 11 is 0. The Labute approximate surface area is 118 Å². The Morgan fingerprint density at radius 2 is 2.05 bits per heavy atom. The molecule has 0 amide bonds. The Kier molecular flexibility index (Phi) is 4.28. The Balaban J connectivity index is 2.19. The second-order valence-corrected chi connectivity index (χ2v) is 5.32. The van der Waals surface area contributed by atoms with Crippen LogP contribution in [0.5, 0.6) is 0 Å². The van der Waals surface area contributed by atoms with Crippen LogP contribution in [0.4, 0.5) is 10.1 Å². The van der Waals surface area contributed by atoms with Gasteiger partial charge in [0.15, 0.2) is 0 Å². The highest BCUT2D eigenvalue weighted by atomic mass is 19.1. The average Bonchev–Trinajstić information content (AvgIpc) is 3.29. The molecule has 20 heavy (non-hydrogen) atoms. The molecular formula is C15H21FN2O2. The summed E-state index contributed by atoms with van der Waals surface area (Å²) in [5, 5.41) is 3.15. The van der Waals surface area contributed by atoms with Crippen LogP contribution in [0.2, 0.25) is 0 Å². The van der Waals surface area contributed by atoms with E-state index < -0.39 is 5.54 Å². The Morgan fingerprint density at radius 1 is 1.45 bits per heavy atom. The molecule has 1 N–H and O–H groups in total. The minimum absolute atomic E-state index is 0.239. The summed E-state index contributed by atoms with van der Waals surface area (Å²) in [5.74, 6) is -0.212. The van der Waals surface area contributed by atoms with Gasteiger partial charge in [0.2, 0.25) is 0 Å². The number of halogens is 1. The highest BCUT2D eigenvalue weighted by Crippen LogP contribution is 2.41. The number of rotatable bonds is 6. The van der Waals surface area contributed by atoms with Gasteiger partial charge in [0, 0.05) is 19.3 Å². The van der Waals surface area contributed by atoms with Crippen molar-refractivity contribution in [2.45, 2.75) is 18.4 Å². The maximum Gasteiger partial charge on any atom is 0.328 e. The molecule has 1 aliphatic rings. The minimum atomic E-state index is -0.697. The second-order valence-electron chi connectivity index (χ2n) is 5.32. The predicted molar refractivity (Wildman–Crippen MR) is 76.2 cm³/mol. The topological polar surface area (TPSA) is 41.6 Å². The van der Waals surface area contributed by atoms with Gasteiger partial charge in [-0.3, -0.25) is 0 Å². The van der Waals surface area contributed by atoms with E-state index in [2.05, 4.69) is 5.32 Å². The molecule has 0 radical (unpaired) electrons. The number of hydrogen-bond acceptors (Lipinski definition) is 4. The van der Waals surface area contributed by atoms with Gasteiger partial charge in [0.05, 0.1) is 7.11 Å². The molecule has 1 aromatic rings. The Bertz CT molecular complexity index is 473. The largest absolute Gasteiger partial charge is 0.468 e. The molecule has 0 heterocycles. The first-order chi connectivity index (χ1) is 9.53. The molecule has 0 spiro atoms. The van der Waals surface area contributed by atoms with Crippen LogP contribution < -0.4 is 10.2 Å². The van der Waals surface area contributed by atoms with Crippen molar-refractivity contribution in [3.05, 3.63) is 30.1 Å². The lowest BCUT2D eigenvalue weighted by Crippen LogP contribution is -2.59. The molecule has 2 rings (SSSR count). The number of carbonyl (C=O) groups excluding carboxylic acids is 1. The first-order valence-electron chi connectivity index (χ1n) is 6.77. The van der Waals surface area contributed by atoms with Crippen molar-refractivity contribution in [3.8, 4) is 0 Å². The molecule has 1 unspecified atom stereocenters. The molecule has 5 heteroatoms. The fourth-order valence-corrected chi connectivity index (χ4v) is 2.66. The molecule has 1 atom stereocenters. The summed E-state index contributed by atoms with van der Waals surface area (Å²) < 4.78 is 17.9. The van der Waals surface area contributed by atoms with Crippen molar-refractivity contribution in [3.63, 3.8) is 0 Å². The highest BCUT2D eigenvalue weighted by Gasteiger charge is 2.51. The van der Waals surface area contributed by atoms with Crippen molar-refractivity contribution in [1.82, 2.24) is 5.32 Å². The summed E-state index contributed by atoms with van der Waals surface area (Å²) in [7, 11) is 5.09. The lowest BCUT2D eigenvalue weighted by Gasteiger charge is -2.35. The number of nitrogens with one attached hydrogen (secondary N) is 1. The van der Waals surface area contributed by atoms with Gasteiger partial charge in [-0.1, -0.05) is 0 Å². The van der Waals surface area contributed by atoms with E-state index >= 15 is 0 Å². The molecule has 1 fully saturated rings. The summed E-state index contributed by atoms with van der Waals surface area (Å²) in [6.07, 6.45) is 2.04. The fourth-order valence-electron chi connectivity index (χ4n) is 2.66. The maximum atomic E-state index is 13.0. The zero-order valence-corrected chi connectivity index (χ0v) is 12.1. The Morgan fingerprint density at radius 3 is 2.50 bits per heavy atom. The first-order valence-corrected chi connectivity index (χ1v) is 6.77. The third-order valence-corrected chi connectivity index (χ3v) is 4.02. The van der Waals surface area contributed by atoms with Crippen molar-refractivity contribution in [2.24, 2.45) is 5.92 Å². The van der Waals surface area contributed by atoms with Gasteiger partial charge >= 0.3 is 5.97 Å². The van der Waals surface area contributed by atoms with E-state index in [9.17, 15) is 9.18 Å². The van der Waals surface area contributed by atoms with Crippen LogP contribution in [0.15, 0.2) is 24.3 Å². The SMILES string of the molecule is CNC(CN(C)c1ccc(F)cc1)(C(=O)OC)C1CC1. The van der Waals surface area contributed by atoms with Gasteiger partial charge in [0.25, 0.3) is 0 Å². The number of esters is 1. The third kappa shape index (κ3) is 2.77. The van der Waals surface area contributed by atoms with Gasteiger partial charge in [-0.25, -0.2) is 9.18 Å². The van der Waals surface area contributed by atoms with E-state index in [1.165, 1.54) is 19.2 Å². The molecule has 0 bridgehead atoms. The molecule has 1 aromatic carbocycles. The van der Waals surface area contributed by atoms with Crippen LogP contribution in [0.1, 0.15) is 12.8 Å². The van der Waals surface area contributed by atoms with Crippen LogP contribution in [-0.2, 0) is 9.53 Å². The van der Waals surface area contributed by atoms with Gasteiger partial charge in [0.1, 0.15) is 11.4 Å². The number of methoxy groups -OCH3 is 1. The van der Waals surface area contributed by atoms with E-state index in [4.69, 9.17) is 4.74 Å². The second kappa shape index (κ2) is 5.79. The van der Waals surface area contributed by atoms with Crippen LogP contribution >= 0.6 is 0 Å². The van der Waals surface area contributed by atoms with E-state index in [1.807, 2.05) is 11.9 Å². The van der Waals surface area contributed by atoms with Crippen LogP contribution in [0, 0.1) is 11.7 Å². The lowest BCUT2D eigenvalue weighted by atomic mass is 9.92. The average molecular weight is 280 g/mol. The minimum Gasteiger partial charge on any atom is -0.468 e. The summed E-state index contributed by atoms with van der Waals surface area (Å²) in [6.45, 7) is 0.493. The number of benzene rings is 1. The zero-order valence-electron chi connectivity index (χ0n) is 12.1. The summed E-state index contributed by atoms with van der Waals surface area (Å²) in [4.78, 5) is 14.1. The third-order valence-electron chi connectivity index (χ3n) is 4.02. The van der Waals surface area contributed by atoms with Gasteiger partial charge in [-0.2, -0.15) is 0 Å². The summed E-state index contributed by atoms with van der Waals surface area (Å²) in [6, 6.07) is 6.25. The number of likely N-dealkylation sites (N-methyl/N-ethyl adjacent to an activating group) is 2. The van der Waals surface area contributed by atoms with Gasteiger partial charge < -0.3 is 15.0 Å². The monoisotopic (exact) mass is 280 g/mol. The highest BCUT2D eigenvalue weighted by molar-refractivity contribution is 5.82.